The van der Waals surface area contributed by atoms with E-state index in [1.807, 2.05) is 71.6 Å². The van der Waals surface area contributed by atoms with E-state index in [-0.39, 0.29) is 31.9 Å². The van der Waals surface area contributed by atoms with Crippen molar-refractivity contribution in [2.75, 3.05) is 26.3 Å². The normalized spacial score (nSPS) is 18.9. The summed E-state index contributed by atoms with van der Waals surface area (Å²) in [6, 6.07) is 24.6. The van der Waals surface area contributed by atoms with Crippen molar-refractivity contribution >= 4 is 18.0 Å². The van der Waals surface area contributed by atoms with Crippen LogP contribution in [0.3, 0.4) is 0 Å². The molecule has 9 nitrogen and oxygen atoms in total. The number of rotatable bonds is 10. The lowest BCUT2D eigenvalue weighted by Gasteiger charge is -2.30. The van der Waals surface area contributed by atoms with Gasteiger partial charge in [0.25, 0.3) is 0 Å². The standard InChI is InChI=1S/C31H33N3O6/c35-17-14-27(28(36)37)32-29(38)31(15-16-34(20-31)18-21-8-2-1-3-9-21)33-30(39)40-19-26-24-12-6-4-10-22(24)23-11-5-7-13-25(23)26/h1-13,26-27,35H,14-20H2,(H,32,38)(H,33,39)(H,36,37). The number of aliphatic hydroxyl groups excluding tert-OH is 1. The largest absolute Gasteiger partial charge is 0.480 e. The van der Waals surface area contributed by atoms with Gasteiger partial charge in [-0.3, -0.25) is 9.69 Å². The topological polar surface area (TPSA) is 128 Å². The minimum atomic E-state index is -1.39. The van der Waals surface area contributed by atoms with Gasteiger partial charge in [-0.25, -0.2) is 9.59 Å². The Hall–Kier alpha value is -4.21. The molecule has 4 N–H and O–H groups in total. The molecule has 1 aliphatic heterocycles. The Labute approximate surface area is 232 Å². The fourth-order valence-electron chi connectivity index (χ4n) is 5.72. The lowest BCUT2D eigenvalue weighted by Crippen LogP contribution is -2.62. The second-order valence-electron chi connectivity index (χ2n) is 10.4. The molecule has 0 saturated carbocycles. The minimum absolute atomic E-state index is 0.0908. The van der Waals surface area contributed by atoms with Crippen molar-refractivity contribution in [3.8, 4) is 11.1 Å². The molecule has 0 radical (unpaired) electrons. The van der Waals surface area contributed by atoms with Gasteiger partial charge in [-0.1, -0.05) is 78.9 Å². The van der Waals surface area contributed by atoms with E-state index in [0.717, 1.165) is 27.8 Å². The van der Waals surface area contributed by atoms with Crippen LogP contribution >= 0.6 is 0 Å². The Morgan fingerprint density at radius 2 is 1.57 bits per heavy atom. The third kappa shape index (κ3) is 5.71. The third-order valence-electron chi connectivity index (χ3n) is 7.74. The highest BCUT2D eigenvalue weighted by Crippen LogP contribution is 2.44. The van der Waals surface area contributed by atoms with Gasteiger partial charge in [0.1, 0.15) is 18.2 Å². The maximum absolute atomic E-state index is 13.5. The summed E-state index contributed by atoms with van der Waals surface area (Å²) >= 11 is 0. The molecule has 2 amide bonds. The van der Waals surface area contributed by atoms with E-state index in [2.05, 4.69) is 22.8 Å². The molecule has 208 valence electrons. The molecule has 1 heterocycles. The van der Waals surface area contributed by atoms with Crippen LogP contribution in [0.5, 0.6) is 0 Å². The van der Waals surface area contributed by atoms with E-state index in [9.17, 15) is 24.6 Å². The average molecular weight is 544 g/mol. The smallest absolute Gasteiger partial charge is 0.408 e. The fourth-order valence-corrected chi connectivity index (χ4v) is 5.72. The number of aliphatic carboxylic acids is 1. The Morgan fingerprint density at radius 3 is 2.20 bits per heavy atom. The fraction of sp³-hybridized carbons (Fsp3) is 0.323. The Kier molecular flexibility index (Phi) is 8.14. The van der Waals surface area contributed by atoms with Gasteiger partial charge in [0.05, 0.1) is 0 Å². The van der Waals surface area contributed by atoms with E-state index in [1.54, 1.807) is 0 Å². The number of carbonyl (C=O) groups excluding carboxylic acids is 2. The first kappa shape index (κ1) is 27.4. The number of carboxylic acids is 1. The molecule has 9 heteroatoms. The first-order chi connectivity index (χ1) is 19.4. The molecular formula is C31H33N3O6. The number of alkyl carbamates (subject to hydrolysis) is 1. The van der Waals surface area contributed by atoms with Crippen LogP contribution in [-0.4, -0.2) is 71.0 Å². The van der Waals surface area contributed by atoms with Gasteiger partial charge in [0.2, 0.25) is 5.91 Å². The number of carbonyl (C=O) groups is 3. The average Bonchev–Trinajstić information content (AvgIpc) is 3.51. The summed E-state index contributed by atoms with van der Waals surface area (Å²) in [5.74, 6) is -2.00. The number of fused-ring (bicyclic) bond motifs is 3. The van der Waals surface area contributed by atoms with Gasteiger partial charge < -0.3 is 25.6 Å². The molecular weight excluding hydrogens is 510 g/mol. The predicted molar refractivity (Wildman–Crippen MR) is 149 cm³/mol. The first-order valence-corrected chi connectivity index (χ1v) is 13.4. The molecule has 0 bridgehead atoms. The highest BCUT2D eigenvalue weighted by molar-refractivity contribution is 5.93. The molecule has 2 aliphatic rings. The quantitative estimate of drug-likeness (QED) is 0.309. The molecule has 3 aromatic rings. The second kappa shape index (κ2) is 11.9. The third-order valence-corrected chi connectivity index (χ3v) is 7.74. The number of hydrogen-bond acceptors (Lipinski definition) is 6. The summed E-state index contributed by atoms with van der Waals surface area (Å²) in [5, 5.41) is 24.1. The number of amides is 2. The number of hydrogen-bond donors (Lipinski definition) is 4. The van der Waals surface area contributed by atoms with E-state index >= 15 is 0 Å². The molecule has 2 unspecified atom stereocenters. The van der Waals surface area contributed by atoms with Crippen molar-refractivity contribution in [2.24, 2.45) is 0 Å². The number of carboxylic acid groups (broad SMARTS) is 1. The molecule has 2 atom stereocenters. The van der Waals surface area contributed by atoms with Crippen LogP contribution in [-0.2, 0) is 20.9 Å². The molecule has 1 aliphatic carbocycles. The SMILES string of the molecule is O=C(NC1(C(=O)NC(CCO)C(=O)O)CCN(Cc2ccccc2)C1)OCC1c2ccccc2-c2ccccc21. The molecule has 0 aromatic heterocycles. The molecule has 1 saturated heterocycles. The zero-order chi connectivity index (χ0) is 28.1. The van der Waals surface area contributed by atoms with Crippen LogP contribution in [0, 0.1) is 0 Å². The van der Waals surface area contributed by atoms with Crippen LogP contribution in [0.15, 0.2) is 78.9 Å². The van der Waals surface area contributed by atoms with Gasteiger partial charge in [-0.15, -0.1) is 0 Å². The van der Waals surface area contributed by atoms with Crippen molar-refractivity contribution in [1.82, 2.24) is 15.5 Å². The van der Waals surface area contributed by atoms with Crippen LogP contribution in [0.2, 0.25) is 0 Å². The van der Waals surface area contributed by atoms with Crippen molar-refractivity contribution in [2.45, 2.75) is 36.9 Å². The number of likely N-dealkylation sites (tertiary alicyclic amines) is 1. The maximum atomic E-state index is 13.5. The summed E-state index contributed by atoms with van der Waals surface area (Å²) < 4.78 is 5.73. The molecule has 5 rings (SSSR count). The van der Waals surface area contributed by atoms with E-state index in [4.69, 9.17) is 4.74 Å². The van der Waals surface area contributed by atoms with Gasteiger partial charge in [0, 0.05) is 38.6 Å². The van der Waals surface area contributed by atoms with Crippen LogP contribution < -0.4 is 10.6 Å². The van der Waals surface area contributed by atoms with Crippen LogP contribution in [0.4, 0.5) is 4.79 Å². The minimum Gasteiger partial charge on any atom is -0.480 e. The predicted octanol–water partition coefficient (Wildman–Crippen LogP) is 3.12. The Balaban J connectivity index is 1.31. The molecule has 1 fully saturated rings. The summed E-state index contributed by atoms with van der Waals surface area (Å²) in [6.07, 6.45) is -0.607. The maximum Gasteiger partial charge on any atom is 0.408 e. The van der Waals surface area contributed by atoms with Gasteiger partial charge in [-0.2, -0.15) is 0 Å². The van der Waals surface area contributed by atoms with E-state index < -0.39 is 36.2 Å². The van der Waals surface area contributed by atoms with Crippen molar-refractivity contribution < 1.29 is 29.3 Å². The van der Waals surface area contributed by atoms with Gasteiger partial charge in [0.15, 0.2) is 0 Å². The molecule has 3 aromatic carbocycles. The first-order valence-electron chi connectivity index (χ1n) is 13.4. The Bertz CT molecular complexity index is 1330. The van der Waals surface area contributed by atoms with Crippen molar-refractivity contribution in [3.63, 3.8) is 0 Å². The van der Waals surface area contributed by atoms with Crippen LogP contribution in [0.25, 0.3) is 11.1 Å². The molecule has 0 spiro atoms. The monoisotopic (exact) mass is 543 g/mol. The number of ether oxygens (including phenoxy) is 1. The summed E-state index contributed by atoms with van der Waals surface area (Å²) in [6.45, 7) is 0.964. The van der Waals surface area contributed by atoms with Crippen molar-refractivity contribution in [1.29, 1.82) is 0 Å². The number of aliphatic hydroxyl groups is 1. The lowest BCUT2D eigenvalue weighted by atomic mass is 9.96. The number of benzene rings is 3. The lowest BCUT2D eigenvalue weighted by molar-refractivity contribution is -0.143. The zero-order valence-electron chi connectivity index (χ0n) is 22.1. The van der Waals surface area contributed by atoms with E-state index in [0.29, 0.717) is 13.1 Å². The molecule has 40 heavy (non-hydrogen) atoms. The van der Waals surface area contributed by atoms with Crippen molar-refractivity contribution in [3.05, 3.63) is 95.6 Å². The highest BCUT2D eigenvalue weighted by atomic mass is 16.5. The van der Waals surface area contributed by atoms with Gasteiger partial charge in [-0.05, 0) is 34.2 Å². The second-order valence-corrected chi connectivity index (χ2v) is 10.4. The Morgan fingerprint density at radius 1 is 0.950 bits per heavy atom. The summed E-state index contributed by atoms with van der Waals surface area (Å²) in [5.41, 5.74) is 4.04. The highest BCUT2D eigenvalue weighted by Gasteiger charge is 2.47. The zero-order valence-corrected chi connectivity index (χ0v) is 22.1. The number of nitrogens with one attached hydrogen (secondary N) is 2. The van der Waals surface area contributed by atoms with E-state index in [1.165, 1.54) is 0 Å². The number of nitrogens with zero attached hydrogens (tertiary/aromatic N) is 1. The summed E-state index contributed by atoms with van der Waals surface area (Å²) in [7, 11) is 0. The summed E-state index contributed by atoms with van der Waals surface area (Å²) in [4.78, 5) is 40.5. The van der Waals surface area contributed by atoms with Crippen LogP contribution in [0.1, 0.15) is 35.4 Å². The van der Waals surface area contributed by atoms with Gasteiger partial charge >= 0.3 is 12.1 Å².